The highest BCUT2D eigenvalue weighted by atomic mass is 15.3. The van der Waals surface area contributed by atoms with Gasteiger partial charge in [0.1, 0.15) is 0 Å². The van der Waals surface area contributed by atoms with Crippen LogP contribution in [0.15, 0.2) is 12.3 Å². The van der Waals surface area contributed by atoms with Gasteiger partial charge in [-0.25, -0.2) is 9.97 Å². The summed E-state index contributed by atoms with van der Waals surface area (Å²) >= 11 is 0. The molecule has 1 aromatic heterocycles. The van der Waals surface area contributed by atoms with Gasteiger partial charge in [0.05, 0.1) is 0 Å². The second kappa shape index (κ2) is 3.92. The summed E-state index contributed by atoms with van der Waals surface area (Å²) in [7, 11) is 2.06. The second-order valence-corrected chi connectivity index (χ2v) is 3.76. The van der Waals surface area contributed by atoms with E-state index in [1.54, 1.807) is 0 Å². The lowest BCUT2D eigenvalue weighted by molar-refractivity contribution is 0.667. The minimum atomic E-state index is 0.539. The van der Waals surface area contributed by atoms with Crippen LogP contribution in [0.25, 0.3) is 0 Å². The first-order valence-corrected chi connectivity index (χ1v) is 5.00. The Kier molecular flexibility index (Phi) is 2.63. The number of hydrogen-bond donors (Lipinski definition) is 1. The van der Waals surface area contributed by atoms with Gasteiger partial charge in [-0.3, -0.25) is 0 Å². The normalized spacial score (nSPS) is 21.1. The SMILES string of the molecule is Cc1ccnc(N(C)C2CCNC2)n1. The first-order valence-electron chi connectivity index (χ1n) is 5.00. The standard InChI is InChI=1S/C10H16N4/c1-8-3-6-12-10(13-8)14(2)9-4-5-11-7-9/h3,6,9,11H,4-5,7H2,1-2H3. The van der Waals surface area contributed by atoms with Crippen LogP contribution in [0.3, 0.4) is 0 Å². The quantitative estimate of drug-likeness (QED) is 0.744. The Bertz CT molecular complexity index is 307. The van der Waals surface area contributed by atoms with Crippen LogP contribution in [0.4, 0.5) is 5.95 Å². The van der Waals surface area contributed by atoms with Gasteiger partial charge < -0.3 is 10.2 Å². The summed E-state index contributed by atoms with van der Waals surface area (Å²) in [6.07, 6.45) is 2.99. The molecular weight excluding hydrogens is 176 g/mol. The smallest absolute Gasteiger partial charge is 0.225 e. The van der Waals surface area contributed by atoms with E-state index in [4.69, 9.17) is 0 Å². The zero-order valence-corrected chi connectivity index (χ0v) is 8.70. The molecule has 0 spiro atoms. The van der Waals surface area contributed by atoms with Crippen LogP contribution >= 0.6 is 0 Å². The largest absolute Gasteiger partial charge is 0.340 e. The van der Waals surface area contributed by atoms with E-state index >= 15 is 0 Å². The van der Waals surface area contributed by atoms with Crippen LogP contribution in [-0.2, 0) is 0 Å². The van der Waals surface area contributed by atoms with Gasteiger partial charge in [0.2, 0.25) is 5.95 Å². The van der Waals surface area contributed by atoms with Crippen molar-refractivity contribution in [3.63, 3.8) is 0 Å². The van der Waals surface area contributed by atoms with Crippen LogP contribution in [0, 0.1) is 6.92 Å². The third kappa shape index (κ3) is 1.85. The predicted octanol–water partition coefficient (Wildman–Crippen LogP) is 0.583. The highest BCUT2D eigenvalue weighted by Gasteiger charge is 2.20. The van der Waals surface area contributed by atoms with Gasteiger partial charge in [-0.15, -0.1) is 0 Å². The number of rotatable bonds is 2. The van der Waals surface area contributed by atoms with E-state index in [0.29, 0.717) is 6.04 Å². The third-order valence-electron chi connectivity index (χ3n) is 2.68. The number of nitrogens with one attached hydrogen (secondary N) is 1. The zero-order valence-electron chi connectivity index (χ0n) is 8.70. The number of likely N-dealkylation sites (N-methyl/N-ethyl adjacent to an activating group) is 1. The Morgan fingerprint density at radius 1 is 1.57 bits per heavy atom. The second-order valence-electron chi connectivity index (χ2n) is 3.76. The Morgan fingerprint density at radius 3 is 3.07 bits per heavy atom. The van der Waals surface area contributed by atoms with Crippen molar-refractivity contribution < 1.29 is 0 Å². The lowest BCUT2D eigenvalue weighted by Crippen LogP contribution is -2.34. The fourth-order valence-electron chi connectivity index (χ4n) is 1.74. The summed E-state index contributed by atoms with van der Waals surface area (Å²) in [6.45, 7) is 4.13. The molecular formula is C10H16N4. The van der Waals surface area contributed by atoms with Gasteiger partial charge in [-0.1, -0.05) is 0 Å². The Balaban J connectivity index is 2.13. The topological polar surface area (TPSA) is 41.1 Å². The van der Waals surface area contributed by atoms with Gasteiger partial charge in [0.25, 0.3) is 0 Å². The van der Waals surface area contributed by atoms with E-state index in [1.165, 1.54) is 6.42 Å². The van der Waals surface area contributed by atoms with Crippen LogP contribution in [-0.4, -0.2) is 36.1 Å². The molecule has 2 heterocycles. The van der Waals surface area contributed by atoms with E-state index in [2.05, 4.69) is 27.2 Å². The van der Waals surface area contributed by atoms with Gasteiger partial charge in [-0.05, 0) is 26.0 Å². The lowest BCUT2D eigenvalue weighted by atomic mass is 10.2. The summed E-state index contributed by atoms with van der Waals surface area (Å²) in [4.78, 5) is 10.8. The summed E-state index contributed by atoms with van der Waals surface area (Å²) in [6, 6.07) is 2.46. The van der Waals surface area contributed by atoms with Crippen molar-refractivity contribution in [3.05, 3.63) is 18.0 Å². The van der Waals surface area contributed by atoms with Crippen LogP contribution in [0.5, 0.6) is 0 Å². The fraction of sp³-hybridized carbons (Fsp3) is 0.600. The van der Waals surface area contributed by atoms with Gasteiger partial charge in [0.15, 0.2) is 0 Å². The fourth-order valence-corrected chi connectivity index (χ4v) is 1.74. The van der Waals surface area contributed by atoms with Crippen molar-refractivity contribution in [3.8, 4) is 0 Å². The molecule has 1 aliphatic rings. The molecule has 1 atom stereocenters. The molecule has 1 aromatic rings. The van der Waals surface area contributed by atoms with Gasteiger partial charge >= 0.3 is 0 Å². The van der Waals surface area contributed by atoms with Crippen LogP contribution in [0.1, 0.15) is 12.1 Å². The lowest BCUT2D eigenvalue weighted by Gasteiger charge is -2.23. The van der Waals surface area contributed by atoms with E-state index in [1.807, 2.05) is 19.2 Å². The minimum Gasteiger partial charge on any atom is -0.340 e. The molecule has 2 rings (SSSR count). The number of aryl methyl sites for hydroxylation is 1. The third-order valence-corrected chi connectivity index (χ3v) is 2.68. The molecule has 1 N–H and O–H groups in total. The molecule has 0 aromatic carbocycles. The maximum Gasteiger partial charge on any atom is 0.225 e. The number of hydrogen-bond acceptors (Lipinski definition) is 4. The Labute approximate surface area is 84.4 Å². The summed E-state index contributed by atoms with van der Waals surface area (Å²) in [5, 5.41) is 3.34. The van der Waals surface area contributed by atoms with Gasteiger partial charge in [-0.2, -0.15) is 0 Å². The Morgan fingerprint density at radius 2 is 2.43 bits per heavy atom. The maximum atomic E-state index is 4.40. The summed E-state index contributed by atoms with van der Waals surface area (Å²) < 4.78 is 0. The van der Waals surface area contributed by atoms with Crippen molar-refractivity contribution in [1.29, 1.82) is 0 Å². The van der Waals surface area contributed by atoms with Crippen LogP contribution < -0.4 is 10.2 Å². The van der Waals surface area contributed by atoms with E-state index < -0.39 is 0 Å². The molecule has 1 saturated heterocycles. The first-order chi connectivity index (χ1) is 6.77. The number of anilines is 1. The van der Waals surface area contributed by atoms with Crippen molar-refractivity contribution in [2.45, 2.75) is 19.4 Å². The molecule has 1 aliphatic heterocycles. The summed E-state index contributed by atoms with van der Waals surface area (Å²) in [5.41, 5.74) is 1.02. The molecule has 4 nitrogen and oxygen atoms in total. The molecule has 14 heavy (non-hydrogen) atoms. The highest BCUT2D eigenvalue weighted by Crippen LogP contribution is 2.13. The van der Waals surface area contributed by atoms with Crippen molar-refractivity contribution in [2.75, 3.05) is 25.0 Å². The Hall–Kier alpha value is -1.16. The molecule has 76 valence electrons. The first kappa shape index (κ1) is 9.40. The van der Waals surface area contributed by atoms with Crippen molar-refractivity contribution in [1.82, 2.24) is 15.3 Å². The highest BCUT2D eigenvalue weighted by molar-refractivity contribution is 5.31. The molecule has 0 saturated carbocycles. The minimum absolute atomic E-state index is 0.539. The number of nitrogens with zero attached hydrogens (tertiary/aromatic N) is 3. The van der Waals surface area contributed by atoms with Crippen LogP contribution in [0.2, 0.25) is 0 Å². The maximum absolute atomic E-state index is 4.40. The van der Waals surface area contributed by atoms with Crippen molar-refractivity contribution >= 4 is 5.95 Å². The average Bonchev–Trinajstić information content (AvgIpc) is 2.69. The molecule has 0 radical (unpaired) electrons. The average molecular weight is 192 g/mol. The van der Waals surface area contributed by atoms with E-state index in [9.17, 15) is 0 Å². The predicted molar refractivity (Wildman–Crippen MR) is 56.4 cm³/mol. The molecule has 1 fully saturated rings. The summed E-state index contributed by atoms with van der Waals surface area (Å²) in [5.74, 6) is 0.832. The molecule has 4 heteroatoms. The zero-order chi connectivity index (χ0) is 9.97. The monoisotopic (exact) mass is 192 g/mol. The van der Waals surface area contributed by atoms with Gasteiger partial charge in [0, 0.05) is 31.5 Å². The number of aromatic nitrogens is 2. The molecule has 0 amide bonds. The van der Waals surface area contributed by atoms with E-state index in [-0.39, 0.29) is 0 Å². The molecule has 0 aliphatic carbocycles. The van der Waals surface area contributed by atoms with Crippen molar-refractivity contribution in [2.24, 2.45) is 0 Å². The molecule has 0 bridgehead atoms. The molecule has 1 unspecified atom stereocenters. The van der Waals surface area contributed by atoms with E-state index in [0.717, 1.165) is 24.7 Å².